The first-order valence-corrected chi connectivity index (χ1v) is 8.14. The number of ether oxygens (including phenoxy) is 2. The molecule has 9 heteroatoms. The molecule has 142 valence electrons. The number of halogens is 1. The van der Waals surface area contributed by atoms with Gasteiger partial charge in [-0.05, 0) is 30.3 Å². The van der Waals surface area contributed by atoms with E-state index in [1.807, 2.05) is 0 Å². The smallest absolute Gasteiger partial charge is 0.270 e. The van der Waals surface area contributed by atoms with Crippen LogP contribution in [0.1, 0.15) is 0 Å². The lowest BCUT2D eigenvalue weighted by atomic mass is 10.3. The van der Waals surface area contributed by atoms with Crippen molar-refractivity contribution in [3.63, 3.8) is 0 Å². The molecule has 0 saturated heterocycles. The van der Waals surface area contributed by atoms with Crippen molar-refractivity contribution in [2.24, 2.45) is 5.16 Å². The number of amides is 2. The second-order valence-electron chi connectivity index (χ2n) is 5.09. The Morgan fingerprint density at radius 1 is 1.04 bits per heavy atom. The Hall–Kier alpha value is -3.26. The van der Waals surface area contributed by atoms with Crippen LogP contribution in [-0.2, 0) is 14.4 Å². The molecule has 0 fully saturated rings. The molecule has 0 bridgehead atoms. The Morgan fingerprint density at radius 2 is 1.74 bits per heavy atom. The molecule has 2 N–H and O–H groups in total. The third-order valence-corrected chi connectivity index (χ3v) is 3.48. The van der Waals surface area contributed by atoms with Crippen LogP contribution < -0.4 is 20.1 Å². The normalized spacial score (nSPS) is 10.3. The van der Waals surface area contributed by atoms with Gasteiger partial charge in [-0.1, -0.05) is 28.9 Å². The van der Waals surface area contributed by atoms with Gasteiger partial charge < -0.3 is 24.9 Å². The molecule has 2 amide bonds. The summed E-state index contributed by atoms with van der Waals surface area (Å²) in [5.41, 5.74) is 0.888. The molecule has 8 nitrogen and oxygen atoms in total. The van der Waals surface area contributed by atoms with Gasteiger partial charge in [-0.3, -0.25) is 9.59 Å². The summed E-state index contributed by atoms with van der Waals surface area (Å²) in [4.78, 5) is 28.5. The molecule has 27 heavy (non-hydrogen) atoms. The summed E-state index contributed by atoms with van der Waals surface area (Å²) in [5, 5.41) is 9.07. The zero-order valence-corrected chi connectivity index (χ0v) is 15.4. The minimum absolute atomic E-state index is 0.373. The van der Waals surface area contributed by atoms with Crippen molar-refractivity contribution in [1.82, 2.24) is 0 Å². The average molecular weight is 392 g/mol. The number of carbonyl (C=O) groups excluding carboxylic acids is 2. The molecule has 0 aliphatic rings. The first kappa shape index (κ1) is 20.1. The Balaban J connectivity index is 1.82. The summed E-state index contributed by atoms with van der Waals surface area (Å²) in [7, 11) is 2.97. The van der Waals surface area contributed by atoms with Crippen LogP contribution in [0.25, 0.3) is 0 Å². The van der Waals surface area contributed by atoms with Crippen molar-refractivity contribution in [1.29, 1.82) is 0 Å². The van der Waals surface area contributed by atoms with Crippen LogP contribution in [-0.4, -0.2) is 38.9 Å². The fraction of sp³-hybridized carbons (Fsp3) is 0.167. The number of hydrogen-bond acceptors (Lipinski definition) is 6. The first-order valence-electron chi connectivity index (χ1n) is 7.76. The Labute approximate surface area is 161 Å². The summed E-state index contributed by atoms with van der Waals surface area (Å²) in [6.45, 7) is -0.373. The summed E-state index contributed by atoms with van der Waals surface area (Å²) >= 11 is 5.89. The number of benzene rings is 2. The number of nitrogens with zero attached hydrogens (tertiary/aromatic N) is 1. The van der Waals surface area contributed by atoms with Crippen molar-refractivity contribution >= 4 is 41.0 Å². The monoisotopic (exact) mass is 391 g/mol. The second-order valence-corrected chi connectivity index (χ2v) is 5.53. The van der Waals surface area contributed by atoms with Gasteiger partial charge in [0, 0.05) is 5.02 Å². The topological polar surface area (TPSA) is 98.3 Å². The highest BCUT2D eigenvalue weighted by molar-refractivity contribution is 6.33. The zero-order chi connectivity index (χ0) is 19.6. The van der Waals surface area contributed by atoms with Crippen LogP contribution >= 0.6 is 11.6 Å². The highest BCUT2D eigenvalue weighted by atomic mass is 35.5. The highest BCUT2D eigenvalue weighted by Crippen LogP contribution is 2.27. The van der Waals surface area contributed by atoms with E-state index < -0.39 is 11.8 Å². The maximum atomic E-state index is 11.9. The van der Waals surface area contributed by atoms with Crippen molar-refractivity contribution in [3.05, 3.63) is 47.5 Å². The molecule has 0 heterocycles. The van der Waals surface area contributed by atoms with Gasteiger partial charge in [-0.15, -0.1) is 0 Å². The summed E-state index contributed by atoms with van der Waals surface area (Å²) in [6.07, 6.45) is 0.900. The molecule has 0 aliphatic heterocycles. The van der Waals surface area contributed by atoms with E-state index in [1.54, 1.807) is 36.4 Å². The number of para-hydroxylation sites is 2. The van der Waals surface area contributed by atoms with Gasteiger partial charge in [0.15, 0.2) is 6.61 Å². The fourth-order valence-corrected chi connectivity index (χ4v) is 2.23. The zero-order valence-electron chi connectivity index (χ0n) is 14.7. The van der Waals surface area contributed by atoms with E-state index in [2.05, 4.69) is 15.8 Å². The van der Waals surface area contributed by atoms with E-state index in [1.165, 1.54) is 20.3 Å². The molecular weight excluding hydrogens is 374 g/mol. The van der Waals surface area contributed by atoms with Crippen molar-refractivity contribution in [2.45, 2.75) is 0 Å². The lowest BCUT2D eigenvalue weighted by Gasteiger charge is -2.09. The third kappa shape index (κ3) is 6.19. The van der Waals surface area contributed by atoms with Gasteiger partial charge in [0.25, 0.3) is 11.8 Å². The molecule has 2 aromatic rings. The minimum atomic E-state index is -0.569. The van der Waals surface area contributed by atoms with Crippen LogP contribution in [0.15, 0.2) is 47.6 Å². The van der Waals surface area contributed by atoms with Crippen molar-refractivity contribution < 1.29 is 23.9 Å². The summed E-state index contributed by atoms with van der Waals surface area (Å²) in [6, 6.07) is 11.7. The third-order valence-electron chi connectivity index (χ3n) is 3.24. The largest absolute Gasteiger partial charge is 0.495 e. The van der Waals surface area contributed by atoms with Gasteiger partial charge in [0.2, 0.25) is 0 Å². The summed E-state index contributed by atoms with van der Waals surface area (Å²) in [5.74, 6) is -0.0586. The van der Waals surface area contributed by atoms with E-state index in [-0.39, 0.29) is 6.61 Å². The van der Waals surface area contributed by atoms with Gasteiger partial charge in [-0.2, -0.15) is 0 Å². The Bertz CT molecular complexity index is 841. The first-order chi connectivity index (χ1) is 13.0. The number of methoxy groups -OCH3 is 2. The lowest BCUT2D eigenvalue weighted by Crippen LogP contribution is -2.18. The van der Waals surface area contributed by atoms with Crippen LogP contribution in [0.4, 0.5) is 11.4 Å². The van der Waals surface area contributed by atoms with Crippen LogP contribution in [0, 0.1) is 0 Å². The SMILES string of the molecule is COc1ccc(Cl)cc1NC(=O)/C=N\OCC(=O)Nc1ccccc1OC. The number of rotatable bonds is 8. The molecular formula is C18H18ClN3O5. The molecule has 0 radical (unpaired) electrons. The standard InChI is InChI=1S/C18H18ClN3O5/c1-25-15-6-4-3-5-13(15)21-18(24)11-27-20-10-17(23)22-14-9-12(19)7-8-16(14)26-2/h3-10H,11H2,1-2H3,(H,21,24)(H,22,23)/b20-10-. The number of anilines is 2. The van der Waals surface area contributed by atoms with Gasteiger partial charge in [0.1, 0.15) is 17.7 Å². The number of hydrogen-bond donors (Lipinski definition) is 2. The quantitative estimate of drug-likeness (QED) is 0.532. The molecule has 0 spiro atoms. The van der Waals surface area contributed by atoms with E-state index in [0.717, 1.165) is 6.21 Å². The fourth-order valence-electron chi connectivity index (χ4n) is 2.06. The van der Waals surface area contributed by atoms with E-state index in [0.29, 0.717) is 27.9 Å². The lowest BCUT2D eigenvalue weighted by molar-refractivity contribution is -0.120. The maximum Gasteiger partial charge on any atom is 0.270 e. The molecule has 0 aromatic heterocycles. The molecule has 2 rings (SSSR count). The average Bonchev–Trinajstić information content (AvgIpc) is 2.66. The Kier molecular flexibility index (Phi) is 7.45. The predicted molar refractivity (Wildman–Crippen MR) is 103 cm³/mol. The Morgan fingerprint density at radius 3 is 2.48 bits per heavy atom. The molecule has 0 unspecified atom stereocenters. The van der Waals surface area contributed by atoms with E-state index in [4.69, 9.17) is 25.9 Å². The van der Waals surface area contributed by atoms with Crippen molar-refractivity contribution in [2.75, 3.05) is 31.5 Å². The van der Waals surface area contributed by atoms with Crippen LogP contribution in [0.5, 0.6) is 11.5 Å². The van der Waals surface area contributed by atoms with Crippen molar-refractivity contribution in [3.8, 4) is 11.5 Å². The number of oxime groups is 1. The number of carbonyl (C=O) groups is 2. The number of nitrogens with one attached hydrogen (secondary N) is 2. The van der Waals surface area contributed by atoms with Gasteiger partial charge >= 0.3 is 0 Å². The summed E-state index contributed by atoms with van der Waals surface area (Å²) < 4.78 is 10.3. The highest BCUT2D eigenvalue weighted by Gasteiger charge is 2.08. The predicted octanol–water partition coefficient (Wildman–Crippen LogP) is 2.94. The molecule has 0 atom stereocenters. The van der Waals surface area contributed by atoms with Gasteiger partial charge in [-0.25, -0.2) is 0 Å². The molecule has 0 saturated carbocycles. The van der Waals surface area contributed by atoms with Gasteiger partial charge in [0.05, 0.1) is 25.6 Å². The molecule has 0 aliphatic carbocycles. The molecule has 2 aromatic carbocycles. The minimum Gasteiger partial charge on any atom is -0.495 e. The second kappa shape index (κ2) is 10.0. The van der Waals surface area contributed by atoms with Crippen LogP contribution in [0.3, 0.4) is 0 Å². The van der Waals surface area contributed by atoms with E-state index in [9.17, 15) is 9.59 Å². The van der Waals surface area contributed by atoms with Crippen LogP contribution in [0.2, 0.25) is 5.02 Å². The van der Waals surface area contributed by atoms with E-state index >= 15 is 0 Å². The maximum absolute atomic E-state index is 11.9.